The van der Waals surface area contributed by atoms with Gasteiger partial charge in [0.05, 0.1) is 17.6 Å². The van der Waals surface area contributed by atoms with Crippen LogP contribution in [0, 0.1) is 13.8 Å². The molecular formula is C21H24N4O4S. The summed E-state index contributed by atoms with van der Waals surface area (Å²) in [6.07, 6.45) is 1.50. The first-order chi connectivity index (χ1) is 14.1. The molecule has 1 aliphatic rings. The van der Waals surface area contributed by atoms with Crippen molar-refractivity contribution < 1.29 is 18.0 Å². The van der Waals surface area contributed by atoms with Gasteiger partial charge in [0.15, 0.2) is 0 Å². The summed E-state index contributed by atoms with van der Waals surface area (Å²) >= 11 is 0. The van der Waals surface area contributed by atoms with Gasteiger partial charge in [-0.15, -0.1) is 0 Å². The van der Waals surface area contributed by atoms with Crippen molar-refractivity contribution in [1.82, 2.24) is 5.32 Å². The van der Waals surface area contributed by atoms with E-state index in [2.05, 4.69) is 15.1 Å². The Labute approximate surface area is 176 Å². The number of para-hydroxylation sites is 1. The van der Waals surface area contributed by atoms with Gasteiger partial charge >= 0.3 is 0 Å². The molecule has 2 aromatic rings. The molecule has 0 spiro atoms. The highest BCUT2D eigenvalue weighted by Gasteiger charge is 2.26. The van der Waals surface area contributed by atoms with E-state index in [9.17, 15) is 18.0 Å². The Hall–Kier alpha value is -3.20. The summed E-state index contributed by atoms with van der Waals surface area (Å²) < 4.78 is 25.5. The maximum atomic E-state index is 12.7. The van der Waals surface area contributed by atoms with Crippen LogP contribution in [0.2, 0.25) is 0 Å². The number of hydrazone groups is 1. The van der Waals surface area contributed by atoms with Crippen LogP contribution in [0.5, 0.6) is 0 Å². The van der Waals surface area contributed by atoms with Gasteiger partial charge in [-0.1, -0.05) is 30.3 Å². The summed E-state index contributed by atoms with van der Waals surface area (Å²) in [4.78, 5) is 25.1. The third-order valence-electron chi connectivity index (χ3n) is 4.64. The van der Waals surface area contributed by atoms with Gasteiger partial charge in [-0.3, -0.25) is 14.3 Å². The molecule has 0 bridgehead atoms. The Bertz CT molecular complexity index is 1130. The molecular weight excluding hydrogens is 404 g/mol. The Kier molecular flexibility index (Phi) is 6.21. The number of benzene rings is 2. The van der Waals surface area contributed by atoms with E-state index in [1.165, 1.54) is 5.01 Å². The first-order valence-corrected chi connectivity index (χ1v) is 11.3. The maximum Gasteiger partial charge on any atom is 0.267 e. The summed E-state index contributed by atoms with van der Waals surface area (Å²) in [5.74, 6) is -0.560. The Morgan fingerprint density at radius 2 is 1.87 bits per heavy atom. The number of anilines is 2. The lowest BCUT2D eigenvalue weighted by Gasteiger charge is -2.25. The molecule has 2 amide bonds. The van der Waals surface area contributed by atoms with E-state index in [1.54, 1.807) is 24.3 Å². The van der Waals surface area contributed by atoms with Crippen LogP contribution in [0.3, 0.4) is 0 Å². The summed E-state index contributed by atoms with van der Waals surface area (Å²) in [5, 5.41) is 8.36. The average Bonchev–Trinajstić information content (AvgIpc) is 2.68. The summed E-state index contributed by atoms with van der Waals surface area (Å²) in [6, 6.07) is 12.5. The van der Waals surface area contributed by atoms with E-state index >= 15 is 0 Å². The fourth-order valence-electron chi connectivity index (χ4n) is 3.10. The second-order valence-corrected chi connectivity index (χ2v) is 9.00. The minimum atomic E-state index is -3.44. The number of aryl methyl sites for hydroxylation is 2. The van der Waals surface area contributed by atoms with E-state index < -0.39 is 15.9 Å². The van der Waals surface area contributed by atoms with Crippen LogP contribution < -0.4 is 15.0 Å². The number of nitrogens with one attached hydrogen (secondary N) is 2. The zero-order valence-corrected chi connectivity index (χ0v) is 17.9. The quantitative estimate of drug-likeness (QED) is 0.737. The van der Waals surface area contributed by atoms with Crippen molar-refractivity contribution in [2.75, 3.05) is 16.0 Å². The first kappa shape index (κ1) is 21.5. The minimum Gasteiger partial charge on any atom is -0.347 e. The average molecular weight is 429 g/mol. The van der Waals surface area contributed by atoms with Gasteiger partial charge in [-0.05, 0) is 42.7 Å². The molecule has 0 fully saturated rings. The van der Waals surface area contributed by atoms with E-state index in [-0.39, 0.29) is 31.0 Å². The highest BCUT2D eigenvalue weighted by molar-refractivity contribution is 7.92. The predicted molar refractivity (Wildman–Crippen MR) is 117 cm³/mol. The standard InChI is InChI=1S/C21H24N4O4S/c1-14-8-9-15(2)19(12-14)25-20(26)11-10-18(23-25)21(27)22-13-16-6-4-5-7-17(16)24-30(3,28)29/h4-9,12,24H,10-11,13H2,1-3H3,(H,22,27). The zero-order valence-electron chi connectivity index (χ0n) is 17.1. The normalized spacial score (nSPS) is 14.3. The smallest absolute Gasteiger partial charge is 0.267 e. The summed E-state index contributed by atoms with van der Waals surface area (Å²) in [7, 11) is -3.44. The van der Waals surface area contributed by atoms with Crippen molar-refractivity contribution in [3.05, 3.63) is 59.2 Å². The fourth-order valence-corrected chi connectivity index (χ4v) is 3.70. The zero-order chi connectivity index (χ0) is 21.9. The van der Waals surface area contributed by atoms with Gasteiger partial charge in [0.2, 0.25) is 15.9 Å². The van der Waals surface area contributed by atoms with Gasteiger partial charge in [0.1, 0.15) is 5.71 Å². The molecule has 0 radical (unpaired) electrons. The molecule has 1 aliphatic heterocycles. The number of nitrogens with zero attached hydrogens (tertiary/aromatic N) is 2. The molecule has 0 aliphatic carbocycles. The van der Waals surface area contributed by atoms with Crippen molar-refractivity contribution in [2.24, 2.45) is 5.10 Å². The van der Waals surface area contributed by atoms with Crippen LogP contribution >= 0.6 is 0 Å². The number of rotatable bonds is 6. The number of hydrogen-bond donors (Lipinski definition) is 2. The van der Waals surface area contributed by atoms with Crippen LogP contribution in [0.4, 0.5) is 11.4 Å². The third-order valence-corrected chi connectivity index (χ3v) is 5.23. The van der Waals surface area contributed by atoms with Gasteiger partial charge in [-0.2, -0.15) is 5.10 Å². The molecule has 1 heterocycles. The monoisotopic (exact) mass is 428 g/mol. The molecule has 8 nitrogen and oxygen atoms in total. The molecule has 0 unspecified atom stereocenters. The number of hydrogen-bond acceptors (Lipinski definition) is 5. The lowest BCUT2D eigenvalue weighted by Crippen LogP contribution is -2.39. The molecule has 2 N–H and O–H groups in total. The van der Waals surface area contributed by atoms with Crippen molar-refractivity contribution in [3.8, 4) is 0 Å². The lowest BCUT2D eigenvalue weighted by molar-refractivity contribution is -0.119. The molecule has 3 rings (SSSR count). The Morgan fingerprint density at radius 1 is 1.13 bits per heavy atom. The number of amides is 2. The van der Waals surface area contributed by atoms with Crippen molar-refractivity contribution in [2.45, 2.75) is 33.2 Å². The van der Waals surface area contributed by atoms with Crippen LogP contribution in [-0.2, 0) is 26.2 Å². The van der Waals surface area contributed by atoms with Crippen LogP contribution in [0.1, 0.15) is 29.5 Å². The number of carbonyl (C=O) groups excluding carboxylic acids is 2. The molecule has 9 heteroatoms. The van der Waals surface area contributed by atoms with E-state index in [0.29, 0.717) is 16.9 Å². The lowest BCUT2D eigenvalue weighted by atomic mass is 10.1. The fraction of sp³-hybridized carbons (Fsp3) is 0.286. The van der Waals surface area contributed by atoms with Gasteiger partial charge in [-0.25, -0.2) is 13.4 Å². The predicted octanol–water partition coefficient (Wildman–Crippen LogP) is 2.47. The van der Waals surface area contributed by atoms with Gasteiger partial charge in [0, 0.05) is 19.4 Å². The van der Waals surface area contributed by atoms with Crippen molar-refractivity contribution in [1.29, 1.82) is 0 Å². The second kappa shape index (κ2) is 8.66. The van der Waals surface area contributed by atoms with Crippen LogP contribution in [0.25, 0.3) is 0 Å². The highest BCUT2D eigenvalue weighted by atomic mass is 32.2. The largest absolute Gasteiger partial charge is 0.347 e. The van der Waals surface area contributed by atoms with Crippen molar-refractivity contribution >= 4 is 38.9 Å². The van der Waals surface area contributed by atoms with Gasteiger partial charge < -0.3 is 5.32 Å². The summed E-state index contributed by atoms with van der Waals surface area (Å²) in [6.45, 7) is 3.93. The Balaban J connectivity index is 1.78. The van der Waals surface area contributed by atoms with E-state index in [4.69, 9.17) is 0 Å². The summed E-state index contributed by atoms with van der Waals surface area (Å²) in [5.41, 5.74) is 3.82. The third kappa shape index (κ3) is 5.24. The topological polar surface area (TPSA) is 108 Å². The molecule has 0 saturated heterocycles. The van der Waals surface area contributed by atoms with E-state index in [1.807, 2.05) is 32.0 Å². The second-order valence-electron chi connectivity index (χ2n) is 7.26. The van der Waals surface area contributed by atoms with E-state index in [0.717, 1.165) is 17.4 Å². The molecule has 0 atom stereocenters. The molecule has 0 saturated carbocycles. The van der Waals surface area contributed by atoms with Crippen molar-refractivity contribution in [3.63, 3.8) is 0 Å². The van der Waals surface area contributed by atoms with Gasteiger partial charge in [0.25, 0.3) is 5.91 Å². The SMILES string of the molecule is Cc1ccc(C)c(N2N=C(C(=O)NCc3ccccc3NS(C)(=O)=O)CCC2=O)c1. The molecule has 30 heavy (non-hydrogen) atoms. The number of sulfonamides is 1. The van der Waals surface area contributed by atoms with Crippen LogP contribution in [-0.4, -0.2) is 32.2 Å². The first-order valence-electron chi connectivity index (χ1n) is 9.45. The Morgan fingerprint density at radius 3 is 2.60 bits per heavy atom. The highest BCUT2D eigenvalue weighted by Crippen LogP contribution is 2.25. The van der Waals surface area contributed by atoms with Crippen LogP contribution in [0.15, 0.2) is 47.6 Å². The maximum absolute atomic E-state index is 12.7. The number of carbonyl (C=O) groups is 2. The minimum absolute atomic E-state index is 0.119. The molecule has 0 aromatic heterocycles. The molecule has 2 aromatic carbocycles. The molecule has 158 valence electrons.